The molecule has 2 aliphatic rings. The zero-order valence-corrected chi connectivity index (χ0v) is 12.6. The molecule has 0 heterocycles. The van der Waals surface area contributed by atoms with E-state index in [1.807, 2.05) is 0 Å². The minimum Gasteiger partial charge on any atom is -0.310 e. The van der Waals surface area contributed by atoms with E-state index >= 15 is 0 Å². The predicted octanol–water partition coefficient (Wildman–Crippen LogP) is 4.39. The van der Waals surface area contributed by atoms with Gasteiger partial charge in [-0.2, -0.15) is 0 Å². The van der Waals surface area contributed by atoms with E-state index in [1.165, 1.54) is 42.4 Å². The van der Waals surface area contributed by atoms with Gasteiger partial charge in [-0.25, -0.2) is 0 Å². The van der Waals surface area contributed by atoms with Gasteiger partial charge in [0.25, 0.3) is 0 Å². The van der Waals surface area contributed by atoms with Gasteiger partial charge in [-0.3, -0.25) is 0 Å². The van der Waals surface area contributed by atoms with E-state index in [-0.39, 0.29) is 0 Å². The van der Waals surface area contributed by atoms with Crippen LogP contribution in [-0.2, 0) is 0 Å². The molecule has 2 aliphatic carbocycles. The Labute approximate surface area is 117 Å². The van der Waals surface area contributed by atoms with Gasteiger partial charge in [0.2, 0.25) is 0 Å². The first-order chi connectivity index (χ1) is 9.17. The zero-order chi connectivity index (χ0) is 13.4. The Morgan fingerprint density at radius 1 is 1.05 bits per heavy atom. The molecular formula is C18H27N. The van der Waals surface area contributed by atoms with E-state index in [0.717, 1.165) is 24.3 Å². The van der Waals surface area contributed by atoms with E-state index in [4.69, 9.17) is 0 Å². The van der Waals surface area contributed by atoms with Crippen molar-refractivity contribution >= 4 is 0 Å². The highest BCUT2D eigenvalue weighted by atomic mass is 14.9. The molecule has 1 N–H and O–H groups in total. The van der Waals surface area contributed by atoms with Crippen LogP contribution in [0.25, 0.3) is 0 Å². The van der Waals surface area contributed by atoms with Crippen molar-refractivity contribution in [1.29, 1.82) is 0 Å². The second kappa shape index (κ2) is 5.28. The van der Waals surface area contributed by atoms with Gasteiger partial charge in [0.15, 0.2) is 0 Å². The van der Waals surface area contributed by atoms with E-state index in [9.17, 15) is 0 Å². The summed E-state index contributed by atoms with van der Waals surface area (Å²) < 4.78 is 0. The van der Waals surface area contributed by atoms with Crippen LogP contribution < -0.4 is 5.32 Å². The lowest BCUT2D eigenvalue weighted by atomic mass is 9.87. The van der Waals surface area contributed by atoms with E-state index in [2.05, 4.69) is 44.3 Å². The fraction of sp³-hybridized carbons (Fsp3) is 0.667. The lowest BCUT2D eigenvalue weighted by Gasteiger charge is -2.27. The third-order valence-electron chi connectivity index (χ3n) is 4.97. The second-order valence-electron chi connectivity index (χ2n) is 6.84. The Hall–Kier alpha value is -0.820. The Morgan fingerprint density at radius 2 is 1.68 bits per heavy atom. The van der Waals surface area contributed by atoms with Crippen LogP contribution in [0.1, 0.15) is 55.3 Å². The average molecular weight is 257 g/mol. The Bertz CT molecular complexity index is 421. The highest BCUT2D eigenvalue weighted by Gasteiger charge is 2.47. The summed E-state index contributed by atoms with van der Waals surface area (Å²) in [6.45, 7) is 7.85. The minimum absolute atomic E-state index is 0.589. The number of aryl methyl sites for hydroxylation is 2. The number of hydrogen-bond donors (Lipinski definition) is 1. The van der Waals surface area contributed by atoms with Crippen molar-refractivity contribution in [3.8, 4) is 0 Å². The van der Waals surface area contributed by atoms with Crippen LogP contribution in [0.4, 0.5) is 0 Å². The smallest absolute Gasteiger partial charge is 0.0349 e. The van der Waals surface area contributed by atoms with Crippen molar-refractivity contribution in [2.24, 2.45) is 17.8 Å². The summed E-state index contributed by atoms with van der Waals surface area (Å²) in [5.74, 6) is 3.01. The Balaban J connectivity index is 1.80. The fourth-order valence-corrected chi connectivity index (χ4v) is 4.08. The summed E-state index contributed by atoms with van der Waals surface area (Å²) in [4.78, 5) is 0. The second-order valence-corrected chi connectivity index (χ2v) is 6.84. The molecule has 0 aromatic heterocycles. The molecule has 2 fully saturated rings. The van der Waals surface area contributed by atoms with Gasteiger partial charge >= 0.3 is 0 Å². The fourth-order valence-electron chi connectivity index (χ4n) is 4.08. The molecule has 1 nitrogen and oxygen atoms in total. The predicted molar refractivity (Wildman–Crippen MR) is 81.3 cm³/mol. The summed E-state index contributed by atoms with van der Waals surface area (Å²) in [5.41, 5.74) is 4.33. The molecule has 1 aromatic carbocycles. The SMILES string of the molecule is CCCNC(c1cc(C)cc(C)c1)C1CC2CC2C1. The zero-order valence-electron chi connectivity index (χ0n) is 12.6. The first kappa shape index (κ1) is 13.2. The van der Waals surface area contributed by atoms with Crippen LogP contribution in [0.5, 0.6) is 0 Å². The highest BCUT2D eigenvalue weighted by Crippen LogP contribution is 2.57. The molecule has 2 saturated carbocycles. The maximum absolute atomic E-state index is 3.82. The normalized spacial score (nSPS) is 30.2. The van der Waals surface area contributed by atoms with Crippen LogP contribution in [0.3, 0.4) is 0 Å². The molecule has 0 spiro atoms. The summed E-state index contributed by atoms with van der Waals surface area (Å²) in [5, 5.41) is 3.82. The third-order valence-corrected chi connectivity index (χ3v) is 4.97. The molecule has 1 aromatic rings. The van der Waals surface area contributed by atoms with Gasteiger partial charge in [0, 0.05) is 6.04 Å². The lowest BCUT2D eigenvalue weighted by molar-refractivity contribution is 0.341. The van der Waals surface area contributed by atoms with E-state index in [1.54, 1.807) is 0 Å². The van der Waals surface area contributed by atoms with Crippen molar-refractivity contribution in [2.75, 3.05) is 6.54 Å². The van der Waals surface area contributed by atoms with Crippen molar-refractivity contribution in [1.82, 2.24) is 5.32 Å². The molecule has 1 heteroatoms. The largest absolute Gasteiger partial charge is 0.310 e. The number of fused-ring (bicyclic) bond motifs is 1. The van der Waals surface area contributed by atoms with Gasteiger partial charge in [-0.05, 0) is 69.4 Å². The monoisotopic (exact) mass is 257 g/mol. The molecule has 0 radical (unpaired) electrons. The molecule has 0 saturated heterocycles. The summed E-state index contributed by atoms with van der Waals surface area (Å²) in [7, 11) is 0. The molecule has 3 atom stereocenters. The first-order valence-electron chi connectivity index (χ1n) is 7.99. The van der Waals surface area contributed by atoms with E-state index < -0.39 is 0 Å². The summed E-state index contributed by atoms with van der Waals surface area (Å²) in [6, 6.07) is 7.66. The van der Waals surface area contributed by atoms with Crippen molar-refractivity contribution in [2.45, 2.75) is 52.5 Å². The maximum Gasteiger partial charge on any atom is 0.0349 e. The lowest BCUT2D eigenvalue weighted by Crippen LogP contribution is -2.28. The van der Waals surface area contributed by atoms with Crippen molar-refractivity contribution in [3.63, 3.8) is 0 Å². The Morgan fingerprint density at radius 3 is 2.26 bits per heavy atom. The third kappa shape index (κ3) is 2.86. The summed E-state index contributed by atoms with van der Waals surface area (Å²) >= 11 is 0. The van der Waals surface area contributed by atoms with E-state index in [0.29, 0.717) is 6.04 Å². The average Bonchev–Trinajstić information content (AvgIpc) is 2.96. The van der Waals surface area contributed by atoms with Crippen LogP contribution in [-0.4, -0.2) is 6.54 Å². The highest BCUT2D eigenvalue weighted by molar-refractivity contribution is 5.31. The van der Waals surface area contributed by atoms with Gasteiger partial charge in [-0.1, -0.05) is 36.2 Å². The topological polar surface area (TPSA) is 12.0 Å². The van der Waals surface area contributed by atoms with Crippen LogP contribution in [0.15, 0.2) is 18.2 Å². The van der Waals surface area contributed by atoms with Crippen LogP contribution in [0, 0.1) is 31.6 Å². The standard InChI is InChI=1S/C18H27N/c1-4-5-19-18(17-10-14-9-15(14)11-17)16-7-12(2)6-13(3)8-16/h6-8,14-15,17-19H,4-5,9-11H2,1-3H3. The van der Waals surface area contributed by atoms with Gasteiger partial charge < -0.3 is 5.32 Å². The number of hydrogen-bond acceptors (Lipinski definition) is 1. The summed E-state index contributed by atoms with van der Waals surface area (Å²) in [6.07, 6.45) is 5.66. The number of nitrogens with one attached hydrogen (secondary N) is 1. The molecule has 0 bridgehead atoms. The molecule has 104 valence electrons. The number of rotatable bonds is 5. The van der Waals surface area contributed by atoms with Crippen LogP contribution >= 0.6 is 0 Å². The van der Waals surface area contributed by atoms with Crippen molar-refractivity contribution in [3.05, 3.63) is 34.9 Å². The molecule has 3 unspecified atom stereocenters. The first-order valence-corrected chi connectivity index (χ1v) is 7.99. The van der Waals surface area contributed by atoms with Gasteiger partial charge in [0.05, 0.1) is 0 Å². The van der Waals surface area contributed by atoms with Gasteiger partial charge in [0.1, 0.15) is 0 Å². The quantitative estimate of drug-likeness (QED) is 0.825. The van der Waals surface area contributed by atoms with Crippen LogP contribution in [0.2, 0.25) is 0 Å². The Kier molecular flexibility index (Phi) is 3.66. The van der Waals surface area contributed by atoms with Gasteiger partial charge in [-0.15, -0.1) is 0 Å². The molecule has 19 heavy (non-hydrogen) atoms. The maximum atomic E-state index is 3.82. The van der Waals surface area contributed by atoms with Crippen molar-refractivity contribution < 1.29 is 0 Å². The minimum atomic E-state index is 0.589. The molecule has 0 amide bonds. The molecule has 3 rings (SSSR count). The number of benzene rings is 1. The molecule has 0 aliphatic heterocycles. The molecular weight excluding hydrogens is 230 g/mol.